The Labute approximate surface area is 186 Å². The molecule has 0 bridgehead atoms. The lowest BCUT2D eigenvalue weighted by atomic mass is 9.98. The van der Waals surface area contributed by atoms with E-state index in [0.29, 0.717) is 0 Å². The largest absolute Gasteiger partial charge is 0.467 e. The van der Waals surface area contributed by atoms with Gasteiger partial charge in [0.05, 0.1) is 20.8 Å². The van der Waals surface area contributed by atoms with Gasteiger partial charge in [-0.3, -0.25) is 4.84 Å². The lowest BCUT2D eigenvalue weighted by Gasteiger charge is -2.33. The van der Waals surface area contributed by atoms with Gasteiger partial charge in [0.15, 0.2) is 6.04 Å². The van der Waals surface area contributed by atoms with Crippen molar-refractivity contribution in [1.29, 1.82) is 0 Å². The normalized spacial score (nSPS) is 13.0. The third-order valence-electron chi connectivity index (χ3n) is 5.14. The van der Waals surface area contributed by atoms with Gasteiger partial charge in [0.2, 0.25) is 0 Å². The third-order valence-corrected chi connectivity index (χ3v) is 8.30. The van der Waals surface area contributed by atoms with Crippen LogP contribution in [0, 0.1) is 0 Å². The highest BCUT2D eigenvalue weighted by molar-refractivity contribution is 6.90. The first-order valence-corrected chi connectivity index (χ1v) is 13.6. The zero-order valence-corrected chi connectivity index (χ0v) is 20.4. The molecule has 2 aromatic carbocycles. The highest BCUT2D eigenvalue weighted by Crippen LogP contribution is 2.25. The van der Waals surface area contributed by atoms with Gasteiger partial charge in [-0.25, -0.2) is 9.59 Å². The third kappa shape index (κ3) is 6.18. The molecule has 0 heterocycles. The Balaban J connectivity index is 2.62. The van der Waals surface area contributed by atoms with Crippen molar-refractivity contribution in [3.05, 3.63) is 54.6 Å². The monoisotopic (exact) mass is 442 g/mol. The topological polar surface area (TPSA) is 81.9 Å². The van der Waals surface area contributed by atoms with Crippen molar-refractivity contribution >= 4 is 36.0 Å². The maximum absolute atomic E-state index is 12.7. The number of hydrogen-bond acceptors (Lipinski definition) is 4. The van der Waals surface area contributed by atoms with Crippen molar-refractivity contribution in [2.24, 2.45) is 5.73 Å². The van der Waals surface area contributed by atoms with E-state index in [2.05, 4.69) is 37.9 Å². The number of rotatable bonds is 8. The fourth-order valence-electron chi connectivity index (χ4n) is 3.59. The van der Waals surface area contributed by atoms with Gasteiger partial charge >= 0.3 is 12.0 Å². The van der Waals surface area contributed by atoms with Crippen LogP contribution in [0.4, 0.5) is 4.79 Å². The molecule has 0 saturated heterocycles. The van der Waals surface area contributed by atoms with E-state index in [9.17, 15) is 9.59 Å². The Morgan fingerprint density at radius 3 is 2.42 bits per heavy atom. The van der Waals surface area contributed by atoms with Gasteiger partial charge in [-0.05, 0) is 43.2 Å². The molecule has 31 heavy (non-hydrogen) atoms. The number of benzene rings is 2. The van der Waals surface area contributed by atoms with E-state index in [1.54, 1.807) is 20.8 Å². The molecule has 6 nitrogen and oxygen atoms in total. The van der Waals surface area contributed by atoms with Crippen molar-refractivity contribution in [3.63, 3.8) is 0 Å². The standard InChI is InChI=1S/C24H34N2O4Si/c1-8-13-31(6,7)19-14-17-11-9-10-12-20(17)18(15-19)16-21(22(27)29-5)26(23(25)28)30-24(2,3)4/h8-12,14-15,21H,1,13,16H2,2-7H3,(H2,25,28). The molecule has 0 aromatic heterocycles. The van der Waals surface area contributed by atoms with Crippen molar-refractivity contribution in [2.75, 3.05) is 7.11 Å². The minimum atomic E-state index is -1.77. The average molecular weight is 443 g/mol. The minimum absolute atomic E-state index is 0.221. The first-order chi connectivity index (χ1) is 14.4. The lowest BCUT2D eigenvalue weighted by Crippen LogP contribution is -2.52. The summed E-state index contributed by atoms with van der Waals surface area (Å²) in [6.45, 7) is 13.9. The number of allylic oxidation sites excluding steroid dienone is 1. The number of hydroxylamine groups is 2. The maximum atomic E-state index is 12.7. The van der Waals surface area contributed by atoms with E-state index < -0.39 is 31.7 Å². The van der Waals surface area contributed by atoms with Crippen LogP contribution in [0.3, 0.4) is 0 Å². The zero-order chi connectivity index (χ0) is 23.4. The predicted octanol–water partition coefficient (Wildman–Crippen LogP) is 4.14. The van der Waals surface area contributed by atoms with Crippen LogP contribution >= 0.6 is 0 Å². The summed E-state index contributed by atoms with van der Waals surface area (Å²) in [5, 5.41) is 4.31. The molecule has 168 valence electrons. The summed E-state index contributed by atoms with van der Waals surface area (Å²) in [5.41, 5.74) is 5.82. The lowest BCUT2D eigenvalue weighted by molar-refractivity contribution is -0.218. The molecule has 2 rings (SSSR count). The van der Waals surface area contributed by atoms with Gasteiger partial charge in [-0.1, -0.05) is 60.8 Å². The van der Waals surface area contributed by atoms with Gasteiger partial charge < -0.3 is 10.5 Å². The number of methoxy groups -OCH3 is 1. The van der Waals surface area contributed by atoms with Crippen LogP contribution in [0.2, 0.25) is 19.1 Å². The summed E-state index contributed by atoms with van der Waals surface area (Å²) in [6.07, 6.45) is 2.18. The molecular weight excluding hydrogens is 408 g/mol. The Morgan fingerprint density at radius 1 is 1.23 bits per heavy atom. The highest BCUT2D eigenvalue weighted by atomic mass is 28.3. The van der Waals surface area contributed by atoms with Gasteiger partial charge in [-0.15, -0.1) is 6.58 Å². The summed E-state index contributed by atoms with van der Waals surface area (Å²) >= 11 is 0. The number of nitrogens with zero attached hydrogens (tertiary/aromatic N) is 1. The van der Waals surface area contributed by atoms with Crippen LogP contribution in [0.1, 0.15) is 26.3 Å². The SMILES string of the molecule is C=CC[Si](C)(C)c1cc(CC(C(=O)OC)N(OC(C)(C)C)C(N)=O)c2ccccc2c1. The van der Waals surface area contributed by atoms with Crippen LogP contribution < -0.4 is 10.9 Å². The second-order valence-corrected chi connectivity index (χ2v) is 14.1. The number of hydrogen-bond donors (Lipinski definition) is 1. The molecule has 2 amide bonds. The Morgan fingerprint density at radius 2 is 1.87 bits per heavy atom. The van der Waals surface area contributed by atoms with Crippen LogP contribution in [0.5, 0.6) is 0 Å². The Bertz CT molecular complexity index is 966. The van der Waals surface area contributed by atoms with Gasteiger partial charge in [0.1, 0.15) is 0 Å². The summed E-state index contributed by atoms with van der Waals surface area (Å²) in [6, 6.07) is 11.5. The molecule has 0 aliphatic rings. The number of primary amides is 1. The first-order valence-electron chi connectivity index (χ1n) is 10.4. The quantitative estimate of drug-likeness (QED) is 0.288. The van der Waals surface area contributed by atoms with Crippen LogP contribution in [-0.2, 0) is 20.8 Å². The number of urea groups is 1. The van der Waals surface area contributed by atoms with Gasteiger partial charge in [0, 0.05) is 6.42 Å². The molecule has 0 spiro atoms. The highest BCUT2D eigenvalue weighted by Gasteiger charge is 2.35. The maximum Gasteiger partial charge on any atom is 0.339 e. The van der Waals surface area contributed by atoms with Crippen LogP contribution in [0.25, 0.3) is 10.8 Å². The molecule has 0 fully saturated rings. The van der Waals surface area contributed by atoms with Gasteiger partial charge in [-0.2, -0.15) is 5.06 Å². The Kier molecular flexibility index (Phi) is 7.67. The van der Waals surface area contributed by atoms with E-state index in [1.807, 2.05) is 24.3 Å². The number of nitrogens with two attached hydrogens (primary N) is 1. The molecule has 2 aromatic rings. The molecule has 0 radical (unpaired) electrons. The number of ether oxygens (including phenoxy) is 1. The fraction of sp³-hybridized carbons (Fsp3) is 0.417. The minimum Gasteiger partial charge on any atom is -0.467 e. The average Bonchev–Trinajstić information content (AvgIpc) is 2.68. The smallest absolute Gasteiger partial charge is 0.339 e. The molecule has 0 aliphatic heterocycles. The van der Waals surface area contributed by atoms with E-state index >= 15 is 0 Å². The second kappa shape index (κ2) is 9.66. The van der Waals surface area contributed by atoms with E-state index in [1.165, 1.54) is 12.3 Å². The van der Waals surface area contributed by atoms with Gasteiger partial charge in [0.25, 0.3) is 0 Å². The molecular formula is C24H34N2O4Si. The summed E-state index contributed by atoms with van der Waals surface area (Å²) in [4.78, 5) is 30.7. The number of carbonyl (C=O) groups excluding carboxylic acids is 2. The summed E-state index contributed by atoms with van der Waals surface area (Å²) in [7, 11) is -0.481. The molecule has 7 heteroatoms. The molecule has 1 unspecified atom stereocenters. The Hall–Kier alpha value is -2.64. The number of fused-ring (bicyclic) bond motifs is 1. The van der Waals surface area contributed by atoms with E-state index in [0.717, 1.165) is 27.4 Å². The zero-order valence-electron chi connectivity index (χ0n) is 19.4. The van der Waals surface area contributed by atoms with E-state index in [4.69, 9.17) is 15.3 Å². The predicted molar refractivity (Wildman–Crippen MR) is 128 cm³/mol. The summed E-state index contributed by atoms with van der Waals surface area (Å²) < 4.78 is 5.01. The van der Waals surface area contributed by atoms with Crippen molar-refractivity contribution in [1.82, 2.24) is 5.06 Å². The van der Waals surface area contributed by atoms with E-state index in [-0.39, 0.29) is 6.42 Å². The molecule has 2 N–H and O–H groups in total. The number of carbonyl (C=O) groups is 2. The van der Waals surface area contributed by atoms with Crippen LogP contribution in [-0.4, -0.2) is 43.9 Å². The number of amides is 2. The molecule has 0 aliphatic carbocycles. The van der Waals surface area contributed by atoms with Crippen LogP contribution in [0.15, 0.2) is 49.1 Å². The van der Waals surface area contributed by atoms with Crippen molar-refractivity contribution in [3.8, 4) is 0 Å². The molecule has 1 atom stereocenters. The fourth-order valence-corrected chi connectivity index (χ4v) is 5.66. The summed E-state index contributed by atoms with van der Waals surface area (Å²) in [5.74, 6) is -0.583. The number of esters is 1. The van der Waals surface area contributed by atoms with Crippen molar-refractivity contribution in [2.45, 2.75) is 58.0 Å². The first kappa shape index (κ1) is 24.6. The van der Waals surface area contributed by atoms with Crippen molar-refractivity contribution < 1.29 is 19.2 Å². The second-order valence-electron chi connectivity index (χ2n) is 9.34. The molecule has 0 saturated carbocycles.